The average molecular weight is 329 g/mol. The van der Waals surface area contributed by atoms with Crippen LogP contribution in [-0.4, -0.2) is 50.2 Å². The van der Waals surface area contributed by atoms with E-state index in [1.807, 2.05) is 6.20 Å². The van der Waals surface area contributed by atoms with Gasteiger partial charge in [0.2, 0.25) is 0 Å². The number of nitrogens with one attached hydrogen (secondary N) is 2. The molecule has 2 aliphatic rings. The molecule has 1 atom stereocenters. The first kappa shape index (κ1) is 15.2. The number of H-pyrrole nitrogens is 1. The molecule has 24 heavy (non-hydrogen) atoms. The SMILES string of the molecule is O=C(O)N1CCC[C@@H](Nc2ncnc3[nH]cc(CC4CCC4)c23)C1. The molecule has 7 nitrogen and oxygen atoms in total. The summed E-state index contributed by atoms with van der Waals surface area (Å²) in [5, 5.41) is 13.7. The number of aromatic amines is 1. The quantitative estimate of drug-likeness (QED) is 0.802. The molecular formula is C17H23N5O2. The van der Waals surface area contributed by atoms with Gasteiger partial charge in [-0.25, -0.2) is 14.8 Å². The van der Waals surface area contributed by atoms with Gasteiger partial charge >= 0.3 is 6.09 Å². The van der Waals surface area contributed by atoms with E-state index in [4.69, 9.17) is 0 Å². The predicted molar refractivity (Wildman–Crippen MR) is 91.2 cm³/mol. The van der Waals surface area contributed by atoms with Crippen molar-refractivity contribution in [3.63, 3.8) is 0 Å². The van der Waals surface area contributed by atoms with Crippen LogP contribution in [-0.2, 0) is 6.42 Å². The molecule has 3 N–H and O–H groups in total. The van der Waals surface area contributed by atoms with Crippen LogP contribution in [0.3, 0.4) is 0 Å². The van der Waals surface area contributed by atoms with Gasteiger partial charge in [0.15, 0.2) is 0 Å². The first-order chi connectivity index (χ1) is 11.7. The van der Waals surface area contributed by atoms with E-state index in [-0.39, 0.29) is 6.04 Å². The number of likely N-dealkylation sites (tertiary alicyclic amines) is 1. The number of piperidine rings is 1. The summed E-state index contributed by atoms with van der Waals surface area (Å²) in [4.78, 5) is 24.7. The molecule has 0 aromatic carbocycles. The van der Waals surface area contributed by atoms with Gasteiger partial charge in [0.1, 0.15) is 17.8 Å². The molecule has 0 unspecified atom stereocenters. The molecule has 1 amide bonds. The van der Waals surface area contributed by atoms with E-state index < -0.39 is 6.09 Å². The first-order valence-electron chi connectivity index (χ1n) is 8.76. The Kier molecular flexibility index (Phi) is 4.00. The number of aromatic nitrogens is 3. The molecule has 1 aliphatic carbocycles. The van der Waals surface area contributed by atoms with E-state index in [0.717, 1.165) is 42.0 Å². The Morgan fingerprint density at radius 1 is 1.33 bits per heavy atom. The minimum Gasteiger partial charge on any atom is -0.465 e. The Morgan fingerprint density at radius 3 is 2.96 bits per heavy atom. The fraction of sp³-hybridized carbons (Fsp3) is 0.588. The highest BCUT2D eigenvalue weighted by Crippen LogP contribution is 2.33. The molecule has 128 valence electrons. The first-order valence-corrected chi connectivity index (χ1v) is 8.76. The van der Waals surface area contributed by atoms with Crippen LogP contribution in [0, 0.1) is 5.92 Å². The highest BCUT2D eigenvalue weighted by molar-refractivity contribution is 5.90. The molecule has 7 heteroatoms. The summed E-state index contributed by atoms with van der Waals surface area (Å²) in [6.07, 6.45) is 9.60. The highest BCUT2D eigenvalue weighted by atomic mass is 16.4. The second kappa shape index (κ2) is 6.30. The highest BCUT2D eigenvalue weighted by Gasteiger charge is 2.25. The van der Waals surface area contributed by atoms with Crippen LogP contribution < -0.4 is 5.32 Å². The normalized spacial score (nSPS) is 21.7. The number of rotatable bonds is 4. The lowest BCUT2D eigenvalue weighted by atomic mass is 9.81. The summed E-state index contributed by atoms with van der Waals surface area (Å²) >= 11 is 0. The summed E-state index contributed by atoms with van der Waals surface area (Å²) in [5.74, 6) is 1.60. The number of anilines is 1. The second-order valence-corrected chi connectivity index (χ2v) is 6.97. The summed E-state index contributed by atoms with van der Waals surface area (Å²) in [5.41, 5.74) is 2.12. The molecule has 0 radical (unpaired) electrons. The molecule has 4 rings (SSSR count). The average Bonchev–Trinajstić information content (AvgIpc) is 2.95. The van der Waals surface area contributed by atoms with E-state index in [2.05, 4.69) is 20.3 Å². The van der Waals surface area contributed by atoms with Crippen LogP contribution >= 0.6 is 0 Å². The molecule has 1 saturated heterocycles. The van der Waals surface area contributed by atoms with Gasteiger partial charge < -0.3 is 20.3 Å². The molecular weight excluding hydrogens is 306 g/mol. The molecule has 0 bridgehead atoms. The summed E-state index contributed by atoms with van der Waals surface area (Å²) in [7, 11) is 0. The van der Waals surface area contributed by atoms with E-state index in [1.165, 1.54) is 29.7 Å². The third kappa shape index (κ3) is 2.90. The monoisotopic (exact) mass is 329 g/mol. The number of fused-ring (bicyclic) bond motifs is 1. The minimum absolute atomic E-state index is 0.0967. The number of hydrogen-bond donors (Lipinski definition) is 3. The third-order valence-corrected chi connectivity index (χ3v) is 5.32. The lowest BCUT2D eigenvalue weighted by molar-refractivity contribution is 0.133. The van der Waals surface area contributed by atoms with Gasteiger partial charge in [0.25, 0.3) is 0 Å². The van der Waals surface area contributed by atoms with Crippen molar-refractivity contribution in [2.75, 3.05) is 18.4 Å². The Morgan fingerprint density at radius 2 is 2.21 bits per heavy atom. The fourth-order valence-electron chi connectivity index (χ4n) is 3.77. The molecule has 2 aromatic heterocycles. The van der Waals surface area contributed by atoms with Crippen molar-refractivity contribution in [3.05, 3.63) is 18.1 Å². The van der Waals surface area contributed by atoms with Gasteiger partial charge in [-0.05, 0) is 30.7 Å². The molecule has 1 saturated carbocycles. The van der Waals surface area contributed by atoms with Crippen molar-refractivity contribution in [2.45, 2.75) is 44.6 Å². The summed E-state index contributed by atoms with van der Waals surface area (Å²) in [6.45, 7) is 1.12. The lowest BCUT2D eigenvalue weighted by Crippen LogP contribution is -2.44. The van der Waals surface area contributed by atoms with Crippen LogP contribution in [0.4, 0.5) is 10.6 Å². The van der Waals surface area contributed by atoms with Crippen LogP contribution in [0.2, 0.25) is 0 Å². The van der Waals surface area contributed by atoms with Crippen molar-refractivity contribution in [2.24, 2.45) is 5.92 Å². The van der Waals surface area contributed by atoms with Crippen LogP contribution in [0.1, 0.15) is 37.7 Å². The minimum atomic E-state index is -0.846. The molecule has 1 aliphatic heterocycles. The Labute approximate surface area is 140 Å². The number of carboxylic acid groups (broad SMARTS) is 1. The zero-order valence-electron chi connectivity index (χ0n) is 13.7. The third-order valence-electron chi connectivity index (χ3n) is 5.32. The number of hydrogen-bond acceptors (Lipinski definition) is 4. The van der Waals surface area contributed by atoms with Crippen molar-refractivity contribution < 1.29 is 9.90 Å². The van der Waals surface area contributed by atoms with Gasteiger partial charge in [-0.15, -0.1) is 0 Å². The van der Waals surface area contributed by atoms with Crippen molar-refractivity contribution >= 4 is 22.9 Å². The van der Waals surface area contributed by atoms with Gasteiger partial charge in [-0.1, -0.05) is 19.3 Å². The van der Waals surface area contributed by atoms with Gasteiger partial charge in [0.05, 0.1) is 5.39 Å². The lowest BCUT2D eigenvalue weighted by Gasteiger charge is -2.31. The summed E-state index contributed by atoms with van der Waals surface area (Å²) in [6, 6.07) is 0.0967. The second-order valence-electron chi connectivity index (χ2n) is 6.97. The largest absolute Gasteiger partial charge is 0.465 e. The van der Waals surface area contributed by atoms with Crippen molar-refractivity contribution in [1.82, 2.24) is 19.9 Å². The number of amides is 1. The molecule has 3 heterocycles. The van der Waals surface area contributed by atoms with E-state index >= 15 is 0 Å². The molecule has 2 aromatic rings. The molecule has 2 fully saturated rings. The van der Waals surface area contributed by atoms with Crippen LogP contribution in [0.15, 0.2) is 12.5 Å². The van der Waals surface area contributed by atoms with Crippen LogP contribution in [0.5, 0.6) is 0 Å². The topological polar surface area (TPSA) is 94.1 Å². The Balaban J connectivity index is 1.56. The van der Waals surface area contributed by atoms with E-state index in [1.54, 1.807) is 6.33 Å². The maximum absolute atomic E-state index is 11.2. The Bertz CT molecular complexity index is 740. The predicted octanol–water partition coefficient (Wildman–Crippen LogP) is 2.85. The van der Waals surface area contributed by atoms with Gasteiger partial charge in [0, 0.05) is 25.3 Å². The van der Waals surface area contributed by atoms with Crippen molar-refractivity contribution in [1.29, 1.82) is 0 Å². The van der Waals surface area contributed by atoms with E-state index in [9.17, 15) is 9.90 Å². The molecule has 0 spiro atoms. The maximum Gasteiger partial charge on any atom is 0.407 e. The maximum atomic E-state index is 11.2. The van der Waals surface area contributed by atoms with E-state index in [0.29, 0.717) is 13.1 Å². The zero-order chi connectivity index (χ0) is 16.5. The fourth-order valence-corrected chi connectivity index (χ4v) is 3.77. The number of nitrogens with zero attached hydrogens (tertiary/aromatic N) is 3. The van der Waals surface area contributed by atoms with Crippen LogP contribution in [0.25, 0.3) is 11.0 Å². The standard InChI is InChI=1S/C17H23N5O2/c23-17(24)22-6-2-5-13(9-22)21-16-14-12(7-11-3-1-4-11)8-18-15(14)19-10-20-16/h8,10-11,13H,1-7,9H2,(H,23,24)(H2,18,19,20,21)/t13-/m1/s1. The van der Waals surface area contributed by atoms with Crippen molar-refractivity contribution in [3.8, 4) is 0 Å². The number of carbonyl (C=O) groups is 1. The summed E-state index contributed by atoms with van der Waals surface area (Å²) < 4.78 is 0. The van der Waals surface area contributed by atoms with Gasteiger partial charge in [-0.2, -0.15) is 0 Å². The zero-order valence-corrected chi connectivity index (χ0v) is 13.7. The Hall–Kier alpha value is -2.31. The van der Waals surface area contributed by atoms with Gasteiger partial charge in [-0.3, -0.25) is 0 Å². The smallest absolute Gasteiger partial charge is 0.407 e.